The van der Waals surface area contributed by atoms with E-state index in [0.717, 1.165) is 48.1 Å². The van der Waals surface area contributed by atoms with Crippen LogP contribution in [0.4, 0.5) is 0 Å². The maximum Gasteiger partial charge on any atom is 0.340 e. The van der Waals surface area contributed by atoms with Gasteiger partial charge in [0.2, 0.25) is 0 Å². The monoisotopic (exact) mass is 1190 g/mol. The molecule has 10 aromatic carbocycles. The largest absolute Gasteiger partial charge is 0.340 e. The van der Waals surface area contributed by atoms with Crippen molar-refractivity contribution in [1.82, 2.24) is 18.3 Å². The highest BCUT2D eigenvalue weighted by Gasteiger charge is 2.42. The molecule has 0 aliphatic heterocycles. The molecular weight excluding hydrogens is 1140 g/mol. The molecule has 12 nitrogen and oxygen atoms in total. The fraction of sp³-hybridized carbons (Fsp3) is 0.0500. The van der Waals surface area contributed by atoms with Crippen LogP contribution >= 0.6 is 0 Å². The molecule has 2 heterocycles. The van der Waals surface area contributed by atoms with Gasteiger partial charge in [0.1, 0.15) is 0 Å². The van der Waals surface area contributed by atoms with E-state index in [0.29, 0.717) is 39.3 Å². The second-order valence-electron chi connectivity index (χ2n) is 23.5. The van der Waals surface area contributed by atoms with Crippen molar-refractivity contribution in [3.05, 3.63) is 340 Å². The third kappa shape index (κ3) is 8.90. The van der Waals surface area contributed by atoms with Crippen LogP contribution in [0.25, 0.3) is 102 Å². The zero-order valence-electron chi connectivity index (χ0n) is 49.0. The minimum absolute atomic E-state index is 0.0642. The number of ketones is 4. The van der Waals surface area contributed by atoms with Crippen molar-refractivity contribution in [3.63, 3.8) is 0 Å². The Hall–Kier alpha value is -12.3. The summed E-state index contributed by atoms with van der Waals surface area (Å²) < 4.78 is 5.12. The zero-order valence-corrected chi connectivity index (χ0v) is 49.0. The summed E-state index contributed by atoms with van der Waals surface area (Å²) in [7, 11) is 0. The van der Waals surface area contributed by atoms with Gasteiger partial charge in [0.25, 0.3) is 11.1 Å². The Labute approximate surface area is 524 Å². The van der Waals surface area contributed by atoms with Crippen LogP contribution in [0.3, 0.4) is 0 Å². The third-order valence-electron chi connectivity index (χ3n) is 18.3. The Morgan fingerprint density at radius 2 is 0.663 bits per heavy atom. The summed E-state index contributed by atoms with van der Waals surface area (Å²) in [6.07, 6.45) is 4.91. The van der Waals surface area contributed by atoms with Gasteiger partial charge >= 0.3 is 11.4 Å². The molecule has 3 unspecified atom stereocenters. The predicted octanol–water partition coefficient (Wildman–Crippen LogP) is 10.5. The van der Waals surface area contributed by atoms with E-state index in [2.05, 4.69) is 0 Å². The topological polar surface area (TPSA) is 156 Å². The molecule has 0 fully saturated rings. The molecule has 16 rings (SSSR count). The van der Waals surface area contributed by atoms with Gasteiger partial charge in [-0.05, 0) is 123 Å². The molecule has 12 heteroatoms. The molecule has 0 N–H and O–H groups in total. The van der Waals surface area contributed by atoms with Crippen LogP contribution < -0.4 is 43.6 Å². The molecule has 2 aromatic heterocycles. The van der Waals surface area contributed by atoms with E-state index >= 15 is 24.0 Å². The number of carbonyl (C=O) groups excluding carboxylic acids is 4. The van der Waals surface area contributed by atoms with Crippen LogP contribution in [0, 0.1) is 17.8 Å². The first-order valence-corrected chi connectivity index (χ1v) is 30.3. The van der Waals surface area contributed by atoms with Gasteiger partial charge in [0.05, 0.1) is 61.6 Å². The van der Waals surface area contributed by atoms with Crippen molar-refractivity contribution in [1.29, 1.82) is 0 Å². The summed E-state index contributed by atoms with van der Waals surface area (Å²) >= 11 is 0. The maximum absolute atomic E-state index is 15.5. The fourth-order valence-electron chi connectivity index (χ4n) is 13.8. The molecule has 92 heavy (non-hydrogen) atoms. The number of nitrogens with zero attached hydrogens (tertiary/aromatic N) is 4. The van der Waals surface area contributed by atoms with Crippen LogP contribution in [-0.2, 0) is 0 Å². The number of rotatable bonds is 9. The molecule has 438 valence electrons. The molecule has 4 aliphatic rings. The van der Waals surface area contributed by atoms with Crippen LogP contribution in [0.5, 0.6) is 0 Å². The average molecular weight is 1200 g/mol. The van der Waals surface area contributed by atoms with Crippen LogP contribution in [0.1, 0.15) is 47.9 Å². The summed E-state index contributed by atoms with van der Waals surface area (Å²) in [5.74, 6) is -4.20. The van der Waals surface area contributed by atoms with Gasteiger partial charge in [0, 0.05) is 27.8 Å². The van der Waals surface area contributed by atoms with Crippen molar-refractivity contribution in [3.8, 4) is 78.4 Å². The third-order valence-corrected chi connectivity index (χ3v) is 18.3. The lowest BCUT2D eigenvalue weighted by atomic mass is 9.72. The van der Waals surface area contributed by atoms with Crippen LogP contribution in [0.2, 0.25) is 0 Å². The van der Waals surface area contributed by atoms with Gasteiger partial charge in [-0.3, -0.25) is 37.9 Å². The van der Waals surface area contributed by atoms with Gasteiger partial charge in [-0.25, -0.2) is 18.7 Å². The van der Waals surface area contributed by atoms with E-state index in [1.165, 1.54) is 9.13 Å². The molecule has 3 atom stereocenters. The predicted molar refractivity (Wildman–Crippen MR) is 357 cm³/mol. The van der Waals surface area contributed by atoms with Crippen molar-refractivity contribution in [2.24, 2.45) is 17.8 Å². The molecule has 0 radical (unpaired) electrons. The molecular formula is C80H50N4O8. The molecule has 0 saturated heterocycles. The van der Waals surface area contributed by atoms with Gasteiger partial charge in [-0.1, -0.05) is 212 Å². The SMILES string of the molecule is O=C1C2=c3c(c(=O)n(-c4cccc(-c5ccccc5)c4)c(=O)n3-c3cccc(-c4ccccc4)c3)=CCC2C(=O)c2ccc(-c3ccc(-c4cccc(-n5c(=O)c6c(n(-c7cccc(-c8ccccc8)c7)c5=O)=CC5C(=O)c7ccccc7C(=O)C5C=6)c4)cc3)cc21. The van der Waals surface area contributed by atoms with Crippen LogP contribution in [-0.4, -0.2) is 41.4 Å². The second kappa shape index (κ2) is 21.8. The molecule has 0 bridgehead atoms. The van der Waals surface area contributed by atoms with E-state index in [9.17, 15) is 14.4 Å². The van der Waals surface area contributed by atoms with Crippen molar-refractivity contribution < 1.29 is 19.2 Å². The fourth-order valence-corrected chi connectivity index (χ4v) is 13.8. The number of carbonyl (C=O) groups is 4. The van der Waals surface area contributed by atoms with Gasteiger partial charge < -0.3 is 0 Å². The number of benzene rings is 10. The summed E-state index contributed by atoms with van der Waals surface area (Å²) in [4.78, 5) is 120. The molecule has 12 aromatic rings. The standard InChI is InChI=1S/C80H50N4O8/c85-73-63-37-36-56(44-66(63)76(88)71-64(73)38-39-65-72(71)82(58-27-13-23-53(41-58)48-18-6-2-7-19-48)80(92)83(77(65)89)59-28-14-24-54(42-59)49-20-8-3-9-21-49)51-34-32-50(33-35-51)55-25-15-29-60(43-55)84-78(90)69-45-67-68(75(87)62-31-11-10-30-61(62)74(67)86)46-70(69)81(79(84)91)57-26-12-22-52(40-57)47-16-4-1-5-17-47/h1-37,39-46,64,67-68H,38H2. The molecule has 4 aliphatic carbocycles. The zero-order chi connectivity index (χ0) is 62.5. The lowest BCUT2D eigenvalue weighted by Gasteiger charge is -2.29. The first-order valence-electron chi connectivity index (χ1n) is 30.3. The number of fused-ring (bicyclic) bond motifs is 6. The minimum Gasteiger partial charge on any atom is -0.293 e. The summed E-state index contributed by atoms with van der Waals surface area (Å²) in [5.41, 5.74) is 7.72. The first kappa shape index (κ1) is 55.1. The smallest absolute Gasteiger partial charge is 0.293 e. The van der Waals surface area contributed by atoms with Crippen molar-refractivity contribution >= 4 is 46.9 Å². The molecule has 0 saturated carbocycles. The Morgan fingerprint density at radius 3 is 1.15 bits per heavy atom. The van der Waals surface area contributed by atoms with E-state index in [1.807, 2.05) is 164 Å². The van der Waals surface area contributed by atoms with Crippen molar-refractivity contribution in [2.45, 2.75) is 6.42 Å². The van der Waals surface area contributed by atoms with E-state index in [4.69, 9.17) is 0 Å². The highest BCUT2D eigenvalue weighted by Crippen LogP contribution is 2.38. The number of hydrogen-bond donors (Lipinski definition) is 0. The van der Waals surface area contributed by atoms with Crippen molar-refractivity contribution in [2.75, 3.05) is 0 Å². The summed E-state index contributed by atoms with van der Waals surface area (Å²) in [6, 6.07) is 77.5. The number of hydrogen-bond acceptors (Lipinski definition) is 8. The first-order chi connectivity index (χ1) is 45.0. The summed E-state index contributed by atoms with van der Waals surface area (Å²) in [6.45, 7) is 0. The van der Waals surface area contributed by atoms with E-state index in [1.54, 1.807) is 109 Å². The molecule has 0 spiro atoms. The lowest BCUT2D eigenvalue weighted by molar-refractivity contribution is 0.0819. The Balaban J connectivity index is 0.793. The van der Waals surface area contributed by atoms with E-state index < -0.39 is 46.0 Å². The number of Topliss-reactive ketones (excluding diaryl/α,β-unsaturated/α-hetero) is 4. The Morgan fingerprint density at radius 1 is 0.293 bits per heavy atom. The lowest BCUT2D eigenvalue weighted by Crippen LogP contribution is -2.60. The maximum atomic E-state index is 15.5. The van der Waals surface area contributed by atoms with Crippen LogP contribution in [0.15, 0.2) is 274 Å². The highest BCUT2D eigenvalue weighted by atomic mass is 16.2. The normalized spacial score (nSPS) is 16.0. The molecule has 0 amide bonds. The highest BCUT2D eigenvalue weighted by molar-refractivity contribution is 6.36. The van der Waals surface area contributed by atoms with Gasteiger partial charge in [-0.15, -0.1) is 0 Å². The Kier molecular flexibility index (Phi) is 13.0. The number of aromatic nitrogens is 4. The second-order valence-corrected chi connectivity index (χ2v) is 23.5. The quantitative estimate of drug-likeness (QED) is 0.138. The Bertz CT molecular complexity index is 5750. The van der Waals surface area contributed by atoms with Gasteiger partial charge in [0.15, 0.2) is 23.1 Å². The minimum atomic E-state index is -0.970. The van der Waals surface area contributed by atoms with E-state index in [-0.39, 0.29) is 72.9 Å². The average Bonchev–Trinajstić information content (AvgIpc) is 0.745. The van der Waals surface area contributed by atoms with Gasteiger partial charge in [-0.2, -0.15) is 0 Å². The summed E-state index contributed by atoms with van der Waals surface area (Å²) in [5, 5.41) is 0.555.